The second-order valence-corrected chi connectivity index (χ2v) is 11.6. The molecule has 4 nitrogen and oxygen atoms in total. The fourth-order valence-corrected chi connectivity index (χ4v) is 6.04. The van der Waals surface area contributed by atoms with Gasteiger partial charge in [-0.2, -0.15) is 0 Å². The molecule has 0 aromatic heterocycles. The third-order valence-electron chi connectivity index (χ3n) is 7.76. The van der Waals surface area contributed by atoms with Crippen molar-refractivity contribution in [1.82, 2.24) is 4.90 Å². The molecule has 2 aliphatic rings. The Kier molecular flexibility index (Phi) is 6.94. The van der Waals surface area contributed by atoms with Gasteiger partial charge in [0.25, 0.3) is 0 Å². The van der Waals surface area contributed by atoms with Crippen LogP contribution in [0.15, 0.2) is 24.3 Å². The number of carbonyl (C=O) groups is 1. The minimum absolute atomic E-state index is 0.572. The van der Waals surface area contributed by atoms with Crippen LogP contribution < -0.4 is 0 Å². The van der Waals surface area contributed by atoms with Crippen molar-refractivity contribution in [3.63, 3.8) is 0 Å². The molecule has 0 radical (unpaired) electrons. The lowest BCUT2D eigenvalue weighted by molar-refractivity contribution is -0.160. The first-order valence-electron chi connectivity index (χ1n) is 12.8. The molecule has 2 aromatic rings. The fraction of sp³-hybridized carbons (Fsp3) is 0.567. The first kappa shape index (κ1) is 24.9. The van der Waals surface area contributed by atoms with Gasteiger partial charge in [0.2, 0.25) is 0 Å². The lowest BCUT2D eigenvalue weighted by Crippen LogP contribution is -2.34. The summed E-state index contributed by atoms with van der Waals surface area (Å²) in [5, 5.41) is 10.3. The Morgan fingerprint density at radius 2 is 1.65 bits per heavy atom. The fourth-order valence-electron chi connectivity index (χ4n) is 6.04. The van der Waals surface area contributed by atoms with Gasteiger partial charge in [-0.3, -0.25) is 4.90 Å². The van der Waals surface area contributed by atoms with E-state index in [0.29, 0.717) is 6.04 Å². The van der Waals surface area contributed by atoms with Gasteiger partial charge in [-0.1, -0.05) is 49.6 Å². The van der Waals surface area contributed by atoms with Gasteiger partial charge in [0.15, 0.2) is 6.10 Å². The van der Waals surface area contributed by atoms with Crippen LogP contribution in [-0.2, 0) is 22.6 Å². The monoisotopic (exact) mass is 463 g/mol. The zero-order chi connectivity index (χ0) is 24.8. The van der Waals surface area contributed by atoms with Crippen LogP contribution in [0.3, 0.4) is 0 Å². The van der Waals surface area contributed by atoms with Gasteiger partial charge in [-0.25, -0.2) is 4.79 Å². The van der Waals surface area contributed by atoms with Crippen molar-refractivity contribution in [2.45, 2.75) is 105 Å². The number of hydrogen-bond acceptors (Lipinski definition) is 3. The molecule has 3 atom stereocenters. The second kappa shape index (κ2) is 9.47. The topological polar surface area (TPSA) is 49.8 Å². The number of carboxylic acid groups (broad SMARTS) is 1. The summed E-state index contributed by atoms with van der Waals surface area (Å²) in [5.41, 5.74) is 8.52. The number of benzene rings is 2. The third-order valence-corrected chi connectivity index (χ3v) is 7.76. The molecule has 184 valence electrons. The molecule has 0 amide bonds. The Morgan fingerprint density at radius 3 is 2.21 bits per heavy atom. The van der Waals surface area contributed by atoms with E-state index in [1.165, 1.54) is 47.9 Å². The van der Waals surface area contributed by atoms with Gasteiger partial charge in [-0.15, -0.1) is 0 Å². The summed E-state index contributed by atoms with van der Waals surface area (Å²) < 4.78 is 6.21. The minimum atomic E-state index is -1.01. The third kappa shape index (κ3) is 4.94. The standard InChI is InChI=1S/C30H41NO3/c1-18-11-13-22(14-12-18)26-20(3)24-16-31(23-10-8-9-19(2)15-23)17-25(24)21(4)27(26)28(29(32)33)34-30(5,6)7/h11-14,19,23,28H,8-10,15-17H2,1-7H3,(H,32,33)/t19-,23-,28+/m1/s1. The Labute approximate surface area is 205 Å². The summed E-state index contributed by atoms with van der Waals surface area (Å²) in [6.07, 6.45) is 4.15. The number of ether oxygens (including phenoxy) is 1. The van der Waals surface area contributed by atoms with Gasteiger partial charge in [0.05, 0.1) is 5.60 Å². The van der Waals surface area contributed by atoms with Crippen molar-refractivity contribution >= 4 is 5.97 Å². The number of aryl methyl sites for hydroxylation is 1. The van der Waals surface area contributed by atoms with Crippen LogP contribution in [0.1, 0.15) is 92.9 Å². The van der Waals surface area contributed by atoms with E-state index >= 15 is 0 Å². The molecular formula is C30H41NO3. The quantitative estimate of drug-likeness (QED) is 0.513. The van der Waals surface area contributed by atoms with Gasteiger partial charge in [0, 0.05) is 24.7 Å². The van der Waals surface area contributed by atoms with Crippen LogP contribution in [0.4, 0.5) is 0 Å². The van der Waals surface area contributed by atoms with Crippen LogP contribution in [0.25, 0.3) is 11.1 Å². The van der Waals surface area contributed by atoms with Crippen LogP contribution >= 0.6 is 0 Å². The highest BCUT2D eigenvalue weighted by atomic mass is 16.5. The largest absolute Gasteiger partial charge is 0.479 e. The SMILES string of the molecule is Cc1ccc(-c2c(C)c3c(c(C)c2[C@H](OC(C)(C)C)C(=O)O)CN([C@@H]2CCC[C@@H](C)C2)C3)cc1. The smallest absolute Gasteiger partial charge is 0.337 e. The van der Waals surface area contributed by atoms with Gasteiger partial charge in [-0.05, 0) is 93.7 Å². The first-order valence-corrected chi connectivity index (χ1v) is 12.8. The molecule has 0 spiro atoms. The molecule has 1 aliphatic carbocycles. The van der Waals surface area contributed by atoms with Crippen molar-refractivity contribution in [2.75, 3.05) is 0 Å². The van der Waals surface area contributed by atoms with Crippen LogP contribution in [0.2, 0.25) is 0 Å². The Balaban J connectivity index is 1.87. The van der Waals surface area contributed by atoms with E-state index in [0.717, 1.165) is 41.3 Å². The Hall–Kier alpha value is -2.17. The molecule has 1 fully saturated rings. The summed E-state index contributed by atoms with van der Waals surface area (Å²) in [5.74, 6) is -0.151. The lowest BCUT2D eigenvalue weighted by atomic mass is 9.83. The second-order valence-electron chi connectivity index (χ2n) is 11.6. The number of aliphatic carboxylic acids is 1. The molecule has 1 heterocycles. The van der Waals surface area contributed by atoms with Gasteiger partial charge in [0.1, 0.15) is 0 Å². The summed E-state index contributed by atoms with van der Waals surface area (Å²) in [6, 6.07) is 9.08. The summed E-state index contributed by atoms with van der Waals surface area (Å²) in [7, 11) is 0. The zero-order valence-corrected chi connectivity index (χ0v) is 22.0. The van der Waals surface area contributed by atoms with E-state index in [4.69, 9.17) is 4.74 Å². The minimum Gasteiger partial charge on any atom is -0.479 e. The van der Waals surface area contributed by atoms with Crippen molar-refractivity contribution in [3.05, 3.63) is 57.6 Å². The highest BCUT2D eigenvalue weighted by molar-refractivity contribution is 5.84. The Bertz CT molecular complexity index is 1060. The summed E-state index contributed by atoms with van der Waals surface area (Å²) in [4.78, 5) is 15.2. The van der Waals surface area contributed by atoms with E-state index in [9.17, 15) is 9.90 Å². The van der Waals surface area contributed by atoms with Gasteiger partial charge >= 0.3 is 5.97 Å². The van der Waals surface area contributed by atoms with Crippen molar-refractivity contribution < 1.29 is 14.6 Å². The number of rotatable bonds is 5. The first-order chi connectivity index (χ1) is 16.0. The molecule has 1 aliphatic heterocycles. The lowest BCUT2D eigenvalue weighted by Gasteiger charge is -2.34. The molecule has 0 bridgehead atoms. The summed E-state index contributed by atoms with van der Waals surface area (Å²) in [6.45, 7) is 16.4. The molecular weight excluding hydrogens is 422 g/mol. The van der Waals surface area contributed by atoms with E-state index in [1.807, 2.05) is 20.8 Å². The maximum absolute atomic E-state index is 12.6. The molecule has 4 heteroatoms. The molecule has 0 saturated heterocycles. The van der Waals surface area contributed by atoms with Crippen LogP contribution in [0, 0.1) is 26.7 Å². The van der Waals surface area contributed by atoms with Crippen molar-refractivity contribution in [2.24, 2.45) is 5.92 Å². The van der Waals surface area contributed by atoms with E-state index in [2.05, 4.69) is 56.9 Å². The van der Waals surface area contributed by atoms with Gasteiger partial charge < -0.3 is 9.84 Å². The zero-order valence-electron chi connectivity index (χ0n) is 22.0. The number of carboxylic acids is 1. The molecule has 1 saturated carbocycles. The number of nitrogens with zero attached hydrogens (tertiary/aromatic N) is 1. The average Bonchev–Trinajstić information content (AvgIpc) is 3.21. The maximum Gasteiger partial charge on any atom is 0.337 e. The molecule has 1 N–H and O–H groups in total. The predicted octanol–water partition coefficient (Wildman–Crippen LogP) is 7.11. The maximum atomic E-state index is 12.6. The van der Waals surface area contributed by atoms with E-state index in [1.54, 1.807) is 0 Å². The van der Waals surface area contributed by atoms with E-state index in [-0.39, 0.29) is 0 Å². The molecule has 2 aromatic carbocycles. The molecule has 34 heavy (non-hydrogen) atoms. The molecule has 4 rings (SSSR count). The Morgan fingerprint density at radius 1 is 1.03 bits per heavy atom. The van der Waals surface area contributed by atoms with Crippen LogP contribution in [0.5, 0.6) is 0 Å². The highest BCUT2D eigenvalue weighted by Gasteiger charge is 2.37. The average molecular weight is 464 g/mol. The van der Waals surface area contributed by atoms with Crippen molar-refractivity contribution in [3.8, 4) is 11.1 Å². The number of fused-ring (bicyclic) bond motifs is 1. The van der Waals surface area contributed by atoms with Crippen LogP contribution in [-0.4, -0.2) is 27.6 Å². The van der Waals surface area contributed by atoms with Crippen molar-refractivity contribution in [1.29, 1.82) is 0 Å². The van der Waals surface area contributed by atoms with E-state index < -0.39 is 17.7 Å². The molecule has 0 unspecified atom stereocenters. The highest BCUT2D eigenvalue weighted by Crippen LogP contribution is 2.45. The number of hydrogen-bond donors (Lipinski definition) is 1. The predicted molar refractivity (Wildman–Crippen MR) is 138 cm³/mol. The summed E-state index contributed by atoms with van der Waals surface area (Å²) >= 11 is 0. The normalized spacial score (nSPS) is 22.0.